The molecule has 2 fully saturated rings. The van der Waals surface area contributed by atoms with Gasteiger partial charge >= 0.3 is 6.03 Å². The summed E-state index contributed by atoms with van der Waals surface area (Å²) in [6, 6.07) is 17.6. The van der Waals surface area contributed by atoms with Gasteiger partial charge in [0.15, 0.2) is 0 Å². The summed E-state index contributed by atoms with van der Waals surface area (Å²) in [6.45, 7) is 0.710. The van der Waals surface area contributed by atoms with Gasteiger partial charge in [-0.15, -0.1) is 0 Å². The highest BCUT2D eigenvalue weighted by molar-refractivity contribution is 6.00. The Bertz CT molecular complexity index is 996. The Hall–Kier alpha value is -3.68. The second-order valence-corrected chi connectivity index (χ2v) is 8.09. The van der Waals surface area contributed by atoms with Crippen molar-refractivity contribution in [1.29, 1.82) is 0 Å². The molecule has 0 aromatic heterocycles. The molecule has 0 saturated carbocycles. The Labute approximate surface area is 186 Å². The molecule has 2 aromatic carbocycles. The lowest BCUT2D eigenvalue weighted by atomic mass is 10.1. The number of carbonyl (C=O) groups is 4. The van der Waals surface area contributed by atoms with Crippen LogP contribution in [0.2, 0.25) is 0 Å². The molecule has 2 heterocycles. The number of imide groups is 1. The minimum atomic E-state index is -0.695. The van der Waals surface area contributed by atoms with E-state index >= 15 is 0 Å². The molecule has 0 spiro atoms. The molecule has 32 heavy (non-hydrogen) atoms. The highest BCUT2D eigenvalue weighted by atomic mass is 16.2. The van der Waals surface area contributed by atoms with Gasteiger partial charge in [0.05, 0.1) is 0 Å². The van der Waals surface area contributed by atoms with Gasteiger partial charge in [0.25, 0.3) is 5.91 Å². The minimum Gasteiger partial charge on any atom is -0.326 e. The lowest BCUT2D eigenvalue weighted by molar-refractivity contribution is -0.135. The Morgan fingerprint density at radius 2 is 1.31 bits per heavy atom. The molecule has 5 amide bonds. The van der Waals surface area contributed by atoms with Crippen LogP contribution in [0.1, 0.15) is 36.8 Å². The molecule has 2 saturated heterocycles. The third kappa shape index (κ3) is 4.96. The first-order valence-corrected chi connectivity index (χ1v) is 10.8. The molecule has 166 valence electrons. The van der Waals surface area contributed by atoms with E-state index in [1.165, 1.54) is 4.90 Å². The minimum absolute atomic E-state index is 0.0408. The average molecular weight is 434 g/mol. The van der Waals surface area contributed by atoms with E-state index in [4.69, 9.17) is 0 Å². The maximum absolute atomic E-state index is 12.8. The fourth-order valence-electron chi connectivity index (χ4n) is 4.23. The summed E-state index contributed by atoms with van der Waals surface area (Å²) in [5.74, 6) is -0.658. The van der Waals surface area contributed by atoms with Crippen molar-refractivity contribution in [3.63, 3.8) is 0 Å². The van der Waals surface area contributed by atoms with Crippen molar-refractivity contribution in [3.05, 3.63) is 71.8 Å². The molecule has 0 bridgehead atoms. The van der Waals surface area contributed by atoms with E-state index in [2.05, 4.69) is 10.6 Å². The molecule has 4 rings (SSSR count). The van der Waals surface area contributed by atoms with E-state index in [1.54, 1.807) is 4.90 Å². The first kappa shape index (κ1) is 21.5. The molecule has 2 atom stereocenters. The quantitative estimate of drug-likeness (QED) is 0.728. The van der Waals surface area contributed by atoms with Crippen LogP contribution in [-0.2, 0) is 27.5 Å². The Morgan fingerprint density at radius 1 is 0.781 bits per heavy atom. The molecular weight excluding hydrogens is 408 g/mol. The number of nitrogens with one attached hydrogen (secondary N) is 2. The van der Waals surface area contributed by atoms with Crippen molar-refractivity contribution in [1.82, 2.24) is 20.4 Å². The Balaban J connectivity index is 1.35. The van der Waals surface area contributed by atoms with Gasteiger partial charge in [-0.25, -0.2) is 4.79 Å². The first-order valence-electron chi connectivity index (χ1n) is 10.8. The molecule has 0 unspecified atom stereocenters. The van der Waals surface area contributed by atoms with Crippen LogP contribution < -0.4 is 10.6 Å². The summed E-state index contributed by atoms with van der Waals surface area (Å²) in [7, 11) is 0. The molecule has 8 nitrogen and oxygen atoms in total. The molecule has 0 radical (unpaired) electrons. The molecular formula is C24H26N4O4. The Morgan fingerprint density at radius 3 is 1.94 bits per heavy atom. The van der Waals surface area contributed by atoms with E-state index in [9.17, 15) is 19.2 Å². The van der Waals surface area contributed by atoms with E-state index in [-0.39, 0.29) is 18.2 Å². The summed E-state index contributed by atoms with van der Waals surface area (Å²) < 4.78 is 0. The standard InChI is InChI=1S/C24H26N4O4/c29-21-13-11-19(27(21)15-17-7-3-1-4-8-17)23(31)26-24(32)25-20-12-14-22(30)28(20)16-18-9-5-2-6-10-18/h1-10,19-20H,11-16H2,(H2,25,26,31,32)/t19-,20-/m0/s1. The van der Waals surface area contributed by atoms with Crippen LogP contribution in [0, 0.1) is 0 Å². The van der Waals surface area contributed by atoms with Crippen LogP contribution in [0.3, 0.4) is 0 Å². The summed E-state index contributed by atoms with van der Waals surface area (Å²) in [4.78, 5) is 53.0. The predicted octanol–water partition coefficient (Wildman–Crippen LogP) is 2.15. The molecule has 8 heteroatoms. The van der Waals surface area contributed by atoms with Crippen LogP contribution in [-0.4, -0.2) is 45.8 Å². The van der Waals surface area contributed by atoms with Crippen molar-refractivity contribution < 1.29 is 19.2 Å². The van der Waals surface area contributed by atoms with E-state index in [1.807, 2.05) is 60.7 Å². The molecule has 2 aliphatic heterocycles. The van der Waals surface area contributed by atoms with E-state index in [0.717, 1.165) is 11.1 Å². The number of urea groups is 1. The Kier molecular flexibility index (Phi) is 6.49. The molecule has 2 aliphatic rings. The fourth-order valence-corrected chi connectivity index (χ4v) is 4.23. The number of benzene rings is 2. The maximum Gasteiger partial charge on any atom is 0.323 e. The number of amides is 5. The first-order chi connectivity index (χ1) is 15.5. The van der Waals surface area contributed by atoms with Crippen LogP contribution in [0.15, 0.2) is 60.7 Å². The van der Waals surface area contributed by atoms with Crippen LogP contribution in [0.4, 0.5) is 4.79 Å². The van der Waals surface area contributed by atoms with Crippen LogP contribution >= 0.6 is 0 Å². The van der Waals surface area contributed by atoms with Gasteiger partial charge in [-0.05, 0) is 24.0 Å². The summed E-state index contributed by atoms with van der Waals surface area (Å²) in [6.07, 6.45) is 0.978. The fraction of sp³-hybridized carbons (Fsp3) is 0.333. The van der Waals surface area contributed by atoms with Crippen molar-refractivity contribution in [2.45, 2.75) is 51.0 Å². The van der Waals surface area contributed by atoms with Gasteiger partial charge < -0.3 is 15.1 Å². The third-order valence-corrected chi connectivity index (χ3v) is 5.88. The average Bonchev–Trinajstić information content (AvgIpc) is 3.32. The highest BCUT2D eigenvalue weighted by Gasteiger charge is 2.37. The van der Waals surface area contributed by atoms with Crippen LogP contribution in [0.5, 0.6) is 0 Å². The summed E-state index contributed by atoms with van der Waals surface area (Å²) >= 11 is 0. The smallest absolute Gasteiger partial charge is 0.323 e. The van der Waals surface area contributed by atoms with Crippen LogP contribution in [0.25, 0.3) is 0 Å². The molecule has 2 N–H and O–H groups in total. The summed E-state index contributed by atoms with van der Waals surface area (Å²) in [5, 5.41) is 5.10. The second-order valence-electron chi connectivity index (χ2n) is 8.09. The number of carbonyl (C=O) groups excluding carboxylic acids is 4. The number of nitrogens with zero attached hydrogens (tertiary/aromatic N) is 2. The van der Waals surface area contributed by atoms with Gasteiger partial charge in [0.2, 0.25) is 11.8 Å². The molecule has 2 aromatic rings. The van der Waals surface area contributed by atoms with E-state index in [0.29, 0.717) is 32.4 Å². The molecule has 0 aliphatic carbocycles. The topological polar surface area (TPSA) is 98.8 Å². The van der Waals surface area contributed by atoms with Gasteiger partial charge in [0, 0.05) is 25.9 Å². The number of hydrogen-bond acceptors (Lipinski definition) is 4. The lowest BCUT2D eigenvalue weighted by Gasteiger charge is -2.27. The normalized spacial score (nSPS) is 20.5. The van der Waals surface area contributed by atoms with Crippen molar-refractivity contribution >= 4 is 23.8 Å². The van der Waals surface area contributed by atoms with Gasteiger partial charge in [-0.3, -0.25) is 19.7 Å². The number of rotatable bonds is 6. The maximum atomic E-state index is 12.8. The van der Waals surface area contributed by atoms with E-state index < -0.39 is 24.1 Å². The van der Waals surface area contributed by atoms with Crippen molar-refractivity contribution in [2.75, 3.05) is 0 Å². The van der Waals surface area contributed by atoms with Gasteiger partial charge in [-0.2, -0.15) is 0 Å². The zero-order valence-corrected chi connectivity index (χ0v) is 17.7. The monoisotopic (exact) mass is 434 g/mol. The number of likely N-dealkylation sites (tertiary alicyclic amines) is 2. The zero-order chi connectivity index (χ0) is 22.5. The third-order valence-electron chi connectivity index (χ3n) is 5.88. The lowest BCUT2D eigenvalue weighted by Crippen LogP contribution is -2.53. The SMILES string of the molecule is O=C(NC(=O)[C@@H]1CCC(=O)N1Cc1ccccc1)N[C@@H]1CCC(=O)N1Cc1ccccc1. The summed E-state index contributed by atoms with van der Waals surface area (Å²) in [5.41, 5.74) is 1.89. The predicted molar refractivity (Wildman–Crippen MR) is 117 cm³/mol. The zero-order valence-electron chi connectivity index (χ0n) is 17.7. The highest BCUT2D eigenvalue weighted by Crippen LogP contribution is 2.22. The van der Waals surface area contributed by atoms with Crippen molar-refractivity contribution in [3.8, 4) is 0 Å². The largest absolute Gasteiger partial charge is 0.326 e. The van der Waals surface area contributed by atoms with Crippen molar-refractivity contribution in [2.24, 2.45) is 0 Å². The number of hydrogen-bond donors (Lipinski definition) is 2. The van der Waals surface area contributed by atoms with Gasteiger partial charge in [0.1, 0.15) is 12.2 Å². The van der Waals surface area contributed by atoms with Gasteiger partial charge in [-0.1, -0.05) is 60.7 Å². The second kappa shape index (κ2) is 9.64.